The van der Waals surface area contributed by atoms with Gasteiger partial charge in [0.25, 0.3) is 0 Å². The molecule has 1 aromatic carbocycles. The van der Waals surface area contributed by atoms with E-state index in [1.165, 1.54) is 5.56 Å². The Kier molecular flexibility index (Phi) is 5.66. The lowest BCUT2D eigenvalue weighted by atomic mass is 9.95. The molecule has 0 aliphatic rings. The van der Waals surface area contributed by atoms with Crippen LogP contribution in [0.2, 0.25) is 0 Å². The Labute approximate surface area is 105 Å². The number of aliphatic hydroxyl groups is 1. The standard InChI is InChI=1S/C15H25NO/c1-4-12-6-8-13(9-7-12)15(16)14(17)10-5-11(2)3/h6-9,11,14-15,17H,4-5,10,16H2,1-3H3/t14-,15+/m0/s1. The number of hydrogen-bond donors (Lipinski definition) is 2. The maximum Gasteiger partial charge on any atom is 0.0732 e. The quantitative estimate of drug-likeness (QED) is 0.796. The summed E-state index contributed by atoms with van der Waals surface area (Å²) in [6, 6.07) is 7.97. The van der Waals surface area contributed by atoms with E-state index < -0.39 is 6.10 Å². The Morgan fingerprint density at radius 3 is 2.18 bits per heavy atom. The third-order valence-corrected chi connectivity index (χ3v) is 3.23. The molecule has 0 amide bonds. The van der Waals surface area contributed by atoms with Gasteiger partial charge in [-0.15, -0.1) is 0 Å². The first-order valence-corrected chi connectivity index (χ1v) is 6.57. The molecule has 2 heteroatoms. The summed E-state index contributed by atoms with van der Waals surface area (Å²) >= 11 is 0. The first kappa shape index (κ1) is 14.2. The zero-order valence-corrected chi connectivity index (χ0v) is 11.2. The highest BCUT2D eigenvalue weighted by atomic mass is 16.3. The SMILES string of the molecule is CCc1ccc([C@@H](N)[C@@H](O)CCC(C)C)cc1. The first-order chi connectivity index (χ1) is 8.04. The number of benzene rings is 1. The van der Waals surface area contributed by atoms with Gasteiger partial charge in [-0.3, -0.25) is 0 Å². The normalized spacial score (nSPS) is 14.9. The van der Waals surface area contributed by atoms with Crippen molar-refractivity contribution in [3.8, 4) is 0 Å². The number of aryl methyl sites for hydroxylation is 1. The molecule has 17 heavy (non-hydrogen) atoms. The summed E-state index contributed by atoms with van der Waals surface area (Å²) in [6.45, 7) is 6.45. The molecule has 0 spiro atoms. The van der Waals surface area contributed by atoms with E-state index in [0.717, 1.165) is 24.8 Å². The van der Waals surface area contributed by atoms with E-state index in [-0.39, 0.29) is 6.04 Å². The van der Waals surface area contributed by atoms with Gasteiger partial charge in [-0.2, -0.15) is 0 Å². The second kappa shape index (κ2) is 6.77. The van der Waals surface area contributed by atoms with E-state index in [4.69, 9.17) is 5.73 Å². The maximum atomic E-state index is 10.0. The molecular formula is C15H25NO. The van der Waals surface area contributed by atoms with E-state index in [2.05, 4.69) is 32.9 Å². The second-order valence-electron chi connectivity index (χ2n) is 5.16. The predicted molar refractivity (Wildman–Crippen MR) is 72.8 cm³/mol. The van der Waals surface area contributed by atoms with Crippen molar-refractivity contribution in [3.63, 3.8) is 0 Å². The smallest absolute Gasteiger partial charge is 0.0732 e. The highest BCUT2D eigenvalue weighted by Gasteiger charge is 2.16. The average molecular weight is 235 g/mol. The molecule has 0 saturated heterocycles. The molecule has 2 atom stereocenters. The molecule has 0 fully saturated rings. The highest BCUT2D eigenvalue weighted by Crippen LogP contribution is 2.20. The van der Waals surface area contributed by atoms with Crippen LogP contribution in [0, 0.1) is 5.92 Å². The van der Waals surface area contributed by atoms with Gasteiger partial charge in [-0.25, -0.2) is 0 Å². The van der Waals surface area contributed by atoms with Crippen molar-refractivity contribution in [1.29, 1.82) is 0 Å². The molecule has 0 aromatic heterocycles. The zero-order chi connectivity index (χ0) is 12.8. The molecule has 3 N–H and O–H groups in total. The average Bonchev–Trinajstić information content (AvgIpc) is 2.35. The Morgan fingerprint density at radius 2 is 1.71 bits per heavy atom. The lowest BCUT2D eigenvalue weighted by molar-refractivity contribution is 0.128. The Bertz CT molecular complexity index is 318. The molecule has 0 unspecified atom stereocenters. The van der Waals surface area contributed by atoms with Gasteiger partial charge in [0.05, 0.1) is 12.1 Å². The van der Waals surface area contributed by atoms with Crippen LogP contribution >= 0.6 is 0 Å². The minimum atomic E-state index is -0.440. The van der Waals surface area contributed by atoms with E-state index >= 15 is 0 Å². The van der Waals surface area contributed by atoms with Gasteiger partial charge in [-0.1, -0.05) is 45.0 Å². The van der Waals surface area contributed by atoms with Gasteiger partial charge < -0.3 is 10.8 Å². The molecular weight excluding hydrogens is 210 g/mol. The summed E-state index contributed by atoms with van der Waals surface area (Å²) < 4.78 is 0. The molecule has 0 radical (unpaired) electrons. The molecule has 0 heterocycles. The summed E-state index contributed by atoms with van der Waals surface area (Å²) in [5.74, 6) is 0.610. The molecule has 1 aromatic rings. The molecule has 0 saturated carbocycles. The summed E-state index contributed by atoms with van der Waals surface area (Å²) in [6.07, 6.45) is 2.38. The Balaban J connectivity index is 2.58. The minimum Gasteiger partial charge on any atom is -0.391 e. The van der Waals surface area contributed by atoms with Crippen molar-refractivity contribution in [1.82, 2.24) is 0 Å². The fourth-order valence-electron chi connectivity index (χ4n) is 1.88. The summed E-state index contributed by atoms with van der Waals surface area (Å²) in [4.78, 5) is 0. The van der Waals surface area contributed by atoms with Crippen LogP contribution in [0.15, 0.2) is 24.3 Å². The van der Waals surface area contributed by atoms with Crippen LogP contribution in [0.1, 0.15) is 50.8 Å². The number of aliphatic hydroxyl groups excluding tert-OH is 1. The van der Waals surface area contributed by atoms with Crippen LogP contribution in [0.25, 0.3) is 0 Å². The zero-order valence-electron chi connectivity index (χ0n) is 11.2. The molecule has 0 bridgehead atoms. The first-order valence-electron chi connectivity index (χ1n) is 6.57. The monoisotopic (exact) mass is 235 g/mol. The van der Waals surface area contributed by atoms with Crippen LogP contribution in [0.5, 0.6) is 0 Å². The van der Waals surface area contributed by atoms with E-state index in [1.807, 2.05) is 12.1 Å². The lowest BCUT2D eigenvalue weighted by Crippen LogP contribution is -2.26. The van der Waals surface area contributed by atoms with Gasteiger partial charge in [0.15, 0.2) is 0 Å². The Hall–Kier alpha value is -0.860. The van der Waals surface area contributed by atoms with Crippen LogP contribution in [-0.2, 0) is 6.42 Å². The van der Waals surface area contributed by atoms with Crippen LogP contribution in [0.3, 0.4) is 0 Å². The number of hydrogen-bond acceptors (Lipinski definition) is 2. The molecule has 1 rings (SSSR count). The lowest BCUT2D eigenvalue weighted by Gasteiger charge is -2.20. The fourth-order valence-corrected chi connectivity index (χ4v) is 1.88. The van der Waals surface area contributed by atoms with Gasteiger partial charge in [0.1, 0.15) is 0 Å². The third-order valence-electron chi connectivity index (χ3n) is 3.23. The second-order valence-corrected chi connectivity index (χ2v) is 5.16. The van der Waals surface area contributed by atoms with Crippen molar-refractivity contribution < 1.29 is 5.11 Å². The fraction of sp³-hybridized carbons (Fsp3) is 0.600. The van der Waals surface area contributed by atoms with Gasteiger partial charge in [0, 0.05) is 0 Å². The Morgan fingerprint density at radius 1 is 1.12 bits per heavy atom. The summed E-state index contributed by atoms with van der Waals surface area (Å²) in [5, 5.41) is 10.0. The molecule has 96 valence electrons. The van der Waals surface area contributed by atoms with E-state index in [9.17, 15) is 5.11 Å². The predicted octanol–water partition coefficient (Wildman–Crippen LogP) is 3.05. The van der Waals surface area contributed by atoms with Crippen LogP contribution in [0.4, 0.5) is 0 Å². The van der Waals surface area contributed by atoms with Crippen LogP contribution in [-0.4, -0.2) is 11.2 Å². The molecule has 2 nitrogen and oxygen atoms in total. The highest BCUT2D eigenvalue weighted by molar-refractivity contribution is 5.25. The van der Waals surface area contributed by atoms with Crippen molar-refractivity contribution in [2.75, 3.05) is 0 Å². The third kappa shape index (κ3) is 4.49. The van der Waals surface area contributed by atoms with Gasteiger partial charge in [-0.05, 0) is 36.3 Å². The van der Waals surface area contributed by atoms with Gasteiger partial charge in [0.2, 0.25) is 0 Å². The molecule has 0 aliphatic heterocycles. The van der Waals surface area contributed by atoms with Crippen LogP contribution < -0.4 is 5.73 Å². The number of rotatable bonds is 6. The topological polar surface area (TPSA) is 46.2 Å². The number of nitrogens with two attached hydrogens (primary N) is 1. The minimum absolute atomic E-state index is 0.264. The van der Waals surface area contributed by atoms with Crippen molar-refractivity contribution in [3.05, 3.63) is 35.4 Å². The van der Waals surface area contributed by atoms with Gasteiger partial charge >= 0.3 is 0 Å². The largest absolute Gasteiger partial charge is 0.391 e. The maximum absolute atomic E-state index is 10.0. The van der Waals surface area contributed by atoms with Crippen molar-refractivity contribution in [2.45, 2.75) is 52.2 Å². The van der Waals surface area contributed by atoms with Crippen molar-refractivity contribution >= 4 is 0 Å². The van der Waals surface area contributed by atoms with Crippen molar-refractivity contribution in [2.24, 2.45) is 11.7 Å². The van der Waals surface area contributed by atoms with E-state index in [0.29, 0.717) is 5.92 Å². The molecule has 0 aliphatic carbocycles. The summed E-state index contributed by atoms with van der Waals surface area (Å²) in [7, 11) is 0. The summed E-state index contributed by atoms with van der Waals surface area (Å²) in [5.41, 5.74) is 8.40. The van der Waals surface area contributed by atoms with E-state index in [1.54, 1.807) is 0 Å².